The first-order chi connectivity index (χ1) is 12.5. The number of hydrogen-bond acceptors (Lipinski definition) is 3. The van der Waals surface area contributed by atoms with E-state index in [1.165, 1.54) is 12.0 Å². The fourth-order valence-electron chi connectivity index (χ4n) is 3.26. The van der Waals surface area contributed by atoms with E-state index in [9.17, 15) is 4.79 Å². The number of halogens is 1. The molecule has 1 aromatic carbocycles. The van der Waals surface area contributed by atoms with Crippen molar-refractivity contribution in [3.05, 3.63) is 29.3 Å². The predicted molar refractivity (Wildman–Crippen MR) is 121 cm³/mol. The summed E-state index contributed by atoms with van der Waals surface area (Å²) in [4.78, 5) is 18.5. The third-order valence-electron chi connectivity index (χ3n) is 4.75. The lowest BCUT2D eigenvalue weighted by Gasteiger charge is -2.31. The maximum absolute atomic E-state index is 12.3. The molecule has 1 amide bonds. The Kier molecular flexibility index (Phi) is 10.5. The molecule has 0 aliphatic carbocycles. The van der Waals surface area contributed by atoms with Crippen LogP contribution in [0.2, 0.25) is 0 Å². The standard InChI is InChI=1S/C20H32N4O2.HI/c1-15-7-8-17(18(12-15)26-4)13-23-20(21-3)22-10-9-19(25)24-11-5-6-16(2)14-24;/h7-8,12,16H,5-6,9-11,13-14H2,1-4H3,(H2,21,22,23);1H. The molecule has 1 aliphatic heterocycles. The van der Waals surface area contributed by atoms with Gasteiger partial charge in [0.25, 0.3) is 0 Å². The minimum Gasteiger partial charge on any atom is -0.496 e. The molecular formula is C20H33IN4O2. The smallest absolute Gasteiger partial charge is 0.224 e. The molecule has 7 heteroatoms. The lowest BCUT2D eigenvalue weighted by Crippen LogP contribution is -2.42. The van der Waals surface area contributed by atoms with Crippen LogP contribution in [0.15, 0.2) is 23.2 Å². The van der Waals surface area contributed by atoms with Gasteiger partial charge in [0, 0.05) is 45.2 Å². The summed E-state index contributed by atoms with van der Waals surface area (Å²) in [6.07, 6.45) is 2.82. The van der Waals surface area contributed by atoms with Crippen LogP contribution in [0.4, 0.5) is 0 Å². The van der Waals surface area contributed by atoms with Crippen molar-refractivity contribution in [1.82, 2.24) is 15.5 Å². The number of carbonyl (C=O) groups excluding carboxylic acids is 1. The Morgan fingerprint density at radius 1 is 1.37 bits per heavy atom. The molecule has 1 fully saturated rings. The number of guanidine groups is 1. The first-order valence-corrected chi connectivity index (χ1v) is 9.39. The summed E-state index contributed by atoms with van der Waals surface area (Å²) in [6, 6.07) is 6.13. The number of benzene rings is 1. The summed E-state index contributed by atoms with van der Waals surface area (Å²) in [7, 11) is 3.41. The molecule has 1 heterocycles. The van der Waals surface area contributed by atoms with Gasteiger partial charge in [0.1, 0.15) is 5.75 Å². The molecule has 2 rings (SSSR count). The van der Waals surface area contributed by atoms with Gasteiger partial charge < -0.3 is 20.3 Å². The molecule has 0 saturated carbocycles. The maximum Gasteiger partial charge on any atom is 0.224 e. The topological polar surface area (TPSA) is 66.0 Å². The van der Waals surface area contributed by atoms with Crippen molar-refractivity contribution in [2.75, 3.05) is 33.8 Å². The third kappa shape index (κ3) is 7.56. The summed E-state index contributed by atoms with van der Waals surface area (Å²) in [6.45, 7) is 7.22. The molecule has 0 radical (unpaired) electrons. The quantitative estimate of drug-likeness (QED) is 0.367. The van der Waals surface area contributed by atoms with Gasteiger partial charge in [-0.3, -0.25) is 9.79 Å². The molecule has 1 atom stereocenters. The highest BCUT2D eigenvalue weighted by Crippen LogP contribution is 2.19. The molecule has 1 saturated heterocycles. The van der Waals surface area contributed by atoms with Crippen molar-refractivity contribution in [3.63, 3.8) is 0 Å². The van der Waals surface area contributed by atoms with E-state index in [-0.39, 0.29) is 29.9 Å². The summed E-state index contributed by atoms with van der Waals surface area (Å²) < 4.78 is 5.43. The van der Waals surface area contributed by atoms with Gasteiger partial charge in [0.2, 0.25) is 5.91 Å². The minimum absolute atomic E-state index is 0. The number of nitrogens with one attached hydrogen (secondary N) is 2. The van der Waals surface area contributed by atoms with Gasteiger partial charge in [-0.2, -0.15) is 0 Å². The van der Waals surface area contributed by atoms with E-state index in [0.29, 0.717) is 31.4 Å². The van der Waals surface area contributed by atoms with Crippen molar-refractivity contribution in [2.24, 2.45) is 10.9 Å². The zero-order chi connectivity index (χ0) is 18.9. The highest BCUT2D eigenvalue weighted by molar-refractivity contribution is 14.0. The van der Waals surface area contributed by atoms with Crippen LogP contribution >= 0.6 is 24.0 Å². The van der Waals surface area contributed by atoms with E-state index < -0.39 is 0 Å². The Bertz CT molecular complexity index is 636. The van der Waals surface area contributed by atoms with Gasteiger partial charge >= 0.3 is 0 Å². The van der Waals surface area contributed by atoms with Gasteiger partial charge in [-0.25, -0.2) is 0 Å². The molecule has 27 heavy (non-hydrogen) atoms. The fourth-order valence-corrected chi connectivity index (χ4v) is 3.26. The Labute approximate surface area is 180 Å². The summed E-state index contributed by atoms with van der Waals surface area (Å²) in [5.41, 5.74) is 2.23. The van der Waals surface area contributed by atoms with Crippen molar-refractivity contribution < 1.29 is 9.53 Å². The Balaban J connectivity index is 0.00000364. The van der Waals surface area contributed by atoms with Crippen LogP contribution < -0.4 is 15.4 Å². The number of ether oxygens (including phenoxy) is 1. The number of aliphatic imine (C=N–C) groups is 1. The number of amides is 1. The first kappa shape index (κ1) is 23.5. The number of nitrogens with zero attached hydrogens (tertiary/aromatic N) is 2. The molecule has 0 bridgehead atoms. The second-order valence-electron chi connectivity index (χ2n) is 7.00. The summed E-state index contributed by atoms with van der Waals surface area (Å²) in [5, 5.41) is 6.49. The van der Waals surface area contributed by atoms with E-state index in [2.05, 4.69) is 34.7 Å². The van der Waals surface area contributed by atoms with E-state index in [1.54, 1.807) is 14.2 Å². The molecule has 2 N–H and O–H groups in total. The van der Waals surface area contributed by atoms with Gasteiger partial charge in [0.05, 0.1) is 7.11 Å². The van der Waals surface area contributed by atoms with Crippen molar-refractivity contribution in [3.8, 4) is 5.75 Å². The Morgan fingerprint density at radius 3 is 2.81 bits per heavy atom. The molecule has 1 aliphatic rings. The van der Waals surface area contributed by atoms with Crippen LogP contribution in [0.1, 0.15) is 37.3 Å². The average Bonchev–Trinajstić information content (AvgIpc) is 2.65. The number of rotatable bonds is 6. The van der Waals surface area contributed by atoms with Gasteiger partial charge in [-0.15, -0.1) is 24.0 Å². The highest BCUT2D eigenvalue weighted by Gasteiger charge is 2.20. The SMILES string of the molecule is CN=C(NCCC(=O)N1CCCC(C)C1)NCc1ccc(C)cc1OC.I. The maximum atomic E-state index is 12.3. The van der Waals surface area contributed by atoms with Gasteiger partial charge in [-0.05, 0) is 37.3 Å². The summed E-state index contributed by atoms with van der Waals surface area (Å²) >= 11 is 0. The molecule has 1 aromatic rings. The van der Waals surface area contributed by atoms with Crippen LogP contribution in [0.3, 0.4) is 0 Å². The first-order valence-electron chi connectivity index (χ1n) is 9.39. The van der Waals surface area contributed by atoms with Crippen molar-refractivity contribution in [2.45, 2.75) is 39.7 Å². The van der Waals surface area contributed by atoms with E-state index in [4.69, 9.17) is 4.74 Å². The second kappa shape index (κ2) is 12.0. The van der Waals surface area contributed by atoms with Crippen LogP contribution in [0.5, 0.6) is 5.75 Å². The van der Waals surface area contributed by atoms with E-state index in [0.717, 1.165) is 30.8 Å². The minimum atomic E-state index is 0. The van der Waals surface area contributed by atoms with Crippen molar-refractivity contribution in [1.29, 1.82) is 0 Å². The molecular weight excluding hydrogens is 455 g/mol. The van der Waals surface area contributed by atoms with E-state index >= 15 is 0 Å². The average molecular weight is 488 g/mol. The van der Waals surface area contributed by atoms with E-state index in [1.807, 2.05) is 17.9 Å². The number of piperidine rings is 1. The predicted octanol–water partition coefficient (Wildman–Crippen LogP) is 2.94. The normalized spacial score (nSPS) is 17.1. The number of carbonyl (C=O) groups is 1. The van der Waals surface area contributed by atoms with Crippen molar-refractivity contribution >= 4 is 35.8 Å². The zero-order valence-electron chi connectivity index (χ0n) is 16.9. The lowest BCUT2D eigenvalue weighted by atomic mass is 10.00. The van der Waals surface area contributed by atoms with Crippen LogP contribution in [0.25, 0.3) is 0 Å². The third-order valence-corrected chi connectivity index (χ3v) is 4.75. The monoisotopic (exact) mass is 488 g/mol. The molecule has 0 aromatic heterocycles. The second-order valence-corrected chi connectivity index (χ2v) is 7.00. The zero-order valence-corrected chi connectivity index (χ0v) is 19.2. The number of methoxy groups -OCH3 is 1. The van der Waals surface area contributed by atoms with Crippen LogP contribution in [0, 0.1) is 12.8 Å². The number of likely N-dealkylation sites (tertiary alicyclic amines) is 1. The Morgan fingerprint density at radius 2 is 2.15 bits per heavy atom. The molecule has 0 spiro atoms. The number of aryl methyl sites for hydroxylation is 1. The molecule has 152 valence electrons. The fraction of sp³-hybridized carbons (Fsp3) is 0.600. The summed E-state index contributed by atoms with van der Waals surface area (Å²) in [5.74, 6) is 2.38. The van der Waals surface area contributed by atoms with Crippen LogP contribution in [-0.2, 0) is 11.3 Å². The molecule has 6 nitrogen and oxygen atoms in total. The largest absolute Gasteiger partial charge is 0.496 e. The van der Waals surface area contributed by atoms with Crippen LogP contribution in [-0.4, -0.2) is 50.6 Å². The van der Waals surface area contributed by atoms with Gasteiger partial charge in [-0.1, -0.05) is 19.1 Å². The lowest BCUT2D eigenvalue weighted by molar-refractivity contribution is -0.132. The molecule has 1 unspecified atom stereocenters. The Hall–Kier alpha value is -1.51. The number of hydrogen-bond donors (Lipinski definition) is 2. The highest BCUT2D eigenvalue weighted by atomic mass is 127. The van der Waals surface area contributed by atoms with Gasteiger partial charge in [0.15, 0.2) is 5.96 Å².